The molecular weight excluding hydrogens is 296 g/mol. The van der Waals surface area contributed by atoms with Crippen molar-refractivity contribution in [1.29, 1.82) is 0 Å². The zero-order valence-corrected chi connectivity index (χ0v) is 14.1. The van der Waals surface area contributed by atoms with Gasteiger partial charge < -0.3 is 9.84 Å². The normalized spacial score (nSPS) is 11.1. The summed E-state index contributed by atoms with van der Waals surface area (Å²) in [6, 6.07) is 13.9. The van der Waals surface area contributed by atoms with Crippen molar-refractivity contribution in [3.8, 4) is 5.75 Å². The summed E-state index contributed by atoms with van der Waals surface area (Å²) < 4.78 is 5.77. The molecule has 2 aromatic rings. The van der Waals surface area contributed by atoms with Crippen LogP contribution in [-0.2, 0) is 0 Å². The lowest BCUT2D eigenvalue weighted by Crippen LogP contribution is -1.92. The highest BCUT2D eigenvalue weighted by molar-refractivity contribution is 5.58. The van der Waals surface area contributed by atoms with Crippen molar-refractivity contribution in [3.05, 3.63) is 102 Å². The fourth-order valence-electron chi connectivity index (χ4n) is 2.23. The predicted molar refractivity (Wildman–Crippen MR) is 102 cm³/mol. The molecule has 2 heteroatoms. The van der Waals surface area contributed by atoms with Gasteiger partial charge in [0, 0.05) is 0 Å². The monoisotopic (exact) mass is 318 g/mol. The molecule has 2 aromatic carbocycles. The maximum absolute atomic E-state index is 9.13. The van der Waals surface area contributed by atoms with E-state index in [9.17, 15) is 0 Å². The Bertz CT molecular complexity index is 810. The molecule has 0 spiro atoms. The largest absolute Gasteiger partial charge is 0.509 e. The summed E-state index contributed by atoms with van der Waals surface area (Å²) in [4.78, 5) is 0. The Hall–Kier alpha value is -3.00. The first kappa shape index (κ1) is 17.4. The van der Waals surface area contributed by atoms with Crippen LogP contribution in [0, 0.1) is 13.8 Å². The molecule has 2 nitrogen and oxygen atoms in total. The van der Waals surface area contributed by atoms with Crippen molar-refractivity contribution in [1.82, 2.24) is 0 Å². The van der Waals surface area contributed by atoms with Gasteiger partial charge in [-0.25, -0.2) is 0 Å². The van der Waals surface area contributed by atoms with E-state index in [4.69, 9.17) is 9.84 Å². The number of aryl methyl sites for hydroxylation is 2. The number of aliphatic hydroxyl groups is 1. The van der Waals surface area contributed by atoms with Crippen LogP contribution in [-0.4, -0.2) is 5.11 Å². The Morgan fingerprint density at radius 3 is 2.25 bits per heavy atom. The number of allylic oxidation sites excluding steroid dienone is 2. The fourth-order valence-corrected chi connectivity index (χ4v) is 2.23. The summed E-state index contributed by atoms with van der Waals surface area (Å²) in [7, 11) is 0. The van der Waals surface area contributed by atoms with Gasteiger partial charge in [-0.2, -0.15) is 0 Å². The molecule has 0 atom stereocenters. The Labute approximate surface area is 143 Å². The highest BCUT2D eigenvalue weighted by atomic mass is 16.5. The van der Waals surface area contributed by atoms with Crippen molar-refractivity contribution in [2.24, 2.45) is 0 Å². The van der Waals surface area contributed by atoms with Gasteiger partial charge in [0.1, 0.15) is 17.3 Å². The molecule has 2 rings (SSSR count). The van der Waals surface area contributed by atoms with Gasteiger partial charge in [0.05, 0.1) is 0 Å². The molecule has 0 aliphatic heterocycles. The first-order valence-electron chi connectivity index (χ1n) is 7.73. The lowest BCUT2D eigenvalue weighted by Gasteiger charge is -2.08. The van der Waals surface area contributed by atoms with Crippen molar-refractivity contribution >= 4 is 12.2 Å². The van der Waals surface area contributed by atoms with E-state index in [1.54, 1.807) is 6.08 Å². The Kier molecular flexibility index (Phi) is 5.80. The van der Waals surface area contributed by atoms with Crippen LogP contribution < -0.4 is 4.74 Å². The van der Waals surface area contributed by atoms with E-state index >= 15 is 0 Å². The average molecular weight is 318 g/mol. The molecule has 0 radical (unpaired) electrons. The molecule has 0 heterocycles. The number of aliphatic hydroxyl groups excluding tert-OH is 1. The Morgan fingerprint density at radius 1 is 0.917 bits per heavy atom. The molecule has 0 saturated carbocycles. The molecule has 0 bridgehead atoms. The standard InChI is InChI=1S/C22H22O2/c1-16-7-5-6-8-20(16)12-10-19(4)24-22-14-13-21(17(2)15-22)11-9-18(3)23/h5-15,23H,3-4H2,1-2H3/b11-9-,12-10-. The third-order valence-corrected chi connectivity index (χ3v) is 3.58. The number of hydrogen-bond donors (Lipinski definition) is 1. The second-order valence-electron chi connectivity index (χ2n) is 5.60. The number of hydrogen-bond acceptors (Lipinski definition) is 2. The Morgan fingerprint density at radius 2 is 1.58 bits per heavy atom. The van der Waals surface area contributed by atoms with E-state index in [0.29, 0.717) is 5.76 Å². The predicted octanol–water partition coefficient (Wildman–Crippen LogP) is 5.99. The first-order chi connectivity index (χ1) is 11.5. The maximum Gasteiger partial charge on any atom is 0.127 e. The van der Waals surface area contributed by atoms with Crippen LogP contribution in [0.1, 0.15) is 22.3 Å². The van der Waals surface area contributed by atoms with Crippen molar-refractivity contribution in [2.45, 2.75) is 13.8 Å². The average Bonchev–Trinajstić information content (AvgIpc) is 2.53. The summed E-state index contributed by atoms with van der Waals surface area (Å²) >= 11 is 0. The molecule has 1 N–H and O–H groups in total. The Balaban J connectivity index is 2.05. The summed E-state index contributed by atoms with van der Waals surface area (Å²) in [5, 5.41) is 9.13. The molecule has 0 fully saturated rings. The number of benzene rings is 2. The highest BCUT2D eigenvalue weighted by Gasteiger charge is 2.00. The molecule has 0 unspecified atom stereocenters. The fraction of sp³-hybridized carbons (Fsp3) is 0.0909. The van der Waals surface area contributed by atoms with Crippen molar-refractivity contribution < 1.29 is 9.84 Å². The molecule has 0 saturated heterocycles. The van der Waals surface area contributed by atoms with Gasteiger partial charge >= 0.3 is 0 Å². The third-order valence-electron chi connectivity index (χ3n) is 3.58. The van der Waals surface area contributed by atoms with E-state index in [1.807, 2.05) is 55.5 Å². The molecule has 0 aliphatic rings. The maximum atomic E-state index is 9.13. The summed E-state index contributed by atoms with van der Waals surface area (Å²) in [6.07, 6.45) is 7.23. The van der Waals surface area contributed by atoms with E-state index in [-0.39, 0.29) is 5.76 Å². The quantitative estimate of drug-likeness (QED) is 0.523. The SMILES string of the molecule is C=C(O)/C=C\c1ccc(OC(=C)/C=C\c2ccccc2C)cc1C. The van der Waals surface area contributed by atoms with Crippen LogP contribution in [0.5, 0.6) is 5.75 Å². The molecular formula is C22H22O2. The minimum Gasteiger partial charge on any atom is -0.509 e. The molecule has 24 heavy (non-hydrogen) atoms. The van der Waals surface area contributed by atoms with E-state index in [2.05, 4.69) is 32.2 Å². The van der Waals surface area contributed by atoms with Gasteiger partial charge in [0.2, 0.25) is 0 Å². The minimum atomic E-state index is 0.0319. The summed E-state index contributed by atoms with van der Waals surface area (Å²) in [5.41, 5.74) is 4.39. The molecule has 122 valence electrons. The summed E-state index contributed by atoms with van der Waals surface area (Å²) in [5.74, 6) is 1.33. The zero-order chi connectivity index (χ0) is 17.5. The van der Waals surface area contributed by atoms with Gasteiger partial charge in [0.25, 0.3) is 0 Å². The smallest absolute Gasteiger partial charge is 0.127 e. The van der Waals surface area contributed by atoms with Crippen LogP contribution >= 0.6 is 0 Å². The van der Waals surface area contributed by atoms with Crippen molar-refractivity contribution in [2.75, 3.05) is 0 Å². The minimum absolute atomic E-state index is 0.0319. The van der Waals surface area contributed by atoms with E-state index in [1.165, 1.54) is 5.56 Å². The number of ether oxygens (including phenoxy) is 1. The van der Waals surface area contributed by atoms with Crippen LogP contribution in [0.25, 0.3) is 12.2 Å². The number of rotatable bonds is 6. The van der Waals surface area contributed by atoms with E-state index < -0.39 is 0 Å². The topological polar surface area (TPSA) is 29.5 Å². The van der Waals surface area contributed by atoms with Gasteiger partial charge in [-0.05, 0) is 60.4 Å². The second kappa shape index (κ2) is 8.02. The zero-order valence-electron chi connectivity index (χ0n) is 14.1. The summed E-state index contributed by atoms with van der Waals surface area (Å²) in [6.45, 7) is 11.4. The first-order valence-corrected chi connectivity index (χ1v) is 7.73. The van der Waals surface area contributed by atoms with Gasteiger partial charge in [0.15, 0.2) is 0 Å². The van der Waals surface area contributed by atoms with Gasteiger partial charge in [-0.3, -0.25) is 0 Å². The lowest BCUT2D eigenvalue weighted by molar-refractivity contribution is 0.436. The van der Waals surface area contributed by atoms with Crippen LogP contribution in [0.2, 0.25) is 0 Å². The molecule has 0 aromatic heterocycles. The lowest BCUT2D eigenvalue weighted by atomic mass is 10.1. The van der Waals surface area contributed by atoms with Crippen LogP contribution in [0.4, 0.5) is 0 Å². The van der Waals surface area contributed by atoms with Crippen molar-refractivity contribution in [3.63, 3.8) is 0 Å². The van der Waals surface area contributed by atoms with Crippen LogP contribution in [0.3, 0.4) is 0 Å². The van der Waals surface area contributed by atoms with Crippen LogP contribution in [0.15, 0.2) is 79.3 Å². The molecule has 0 amide bonds. The van der Waals surface area contributed by atoms with Gasteiger partial charge in [-0.15, -0.1) is 0 Å². The third kappa shape index (κ3) is 5.03. The van der Waals surface area contributed by atoms with E-state index in [0.717, 1.165) is 22.4 Å². The molecule has 0 aliphatic carbocycles. The highest BCUT2D eigenvalue weighted by Crippen LogP contribution is 2.21. The second-order valence-corrected chi connectivity index (χ2v) is 5.60. The van der Waals surface area contributed by atoms with Gasteiger partial charge in [-0.1, -0.05) is 55.6 Å².